The largest absolute Gasteiger partial charge is 0.480 e. The molecule has 1 aliphatic heterocycles. The van der Waals surface area contributed by atoms with Crippen molar-refractivity contribution < 1.29 is 18.3 Å². The Bertz CT molecular complexity index is 273. The van der Waals surface area contributed by atoms with Crippen LogP contribution in [0.5, 0.6) is 0 Å². The van der Waals surface area contributed by atoms with Gasteiger partial charge in [-0.15, -0.1) is 0 Å². The summed E-state index contributed by atoms with van der Waals surface area (Å²) >= 11 is 0. The van der Waals surface area contributed by atoms with Gasteiger partial charge in [0.15, 0.2) is 0 Å². The molecule has 0 amide bonds. The van der Waals surface area contributed by atoms with Gasteiger partial charge in [0.05, 0.1) is 5.75 Å². The number of nitrogens with one attached hydrogen (secondary N) is 2. The Morgan fingerprint density at radius 2 is 2.17 bits per heavy atom. The van der Waals surface area contributed by atoms with Gasteiger partial charge < -0.3 is 10.4 Å². The second-order valence-corrected chi connectivity index (χ2v) is 4.41. The fraction of sp³-hybridized carbons (Fsp3) is 0.800. The van der Waals surface area contributed by atoms with Crippen molar-refractivity contribution in [3.8, 4) is 0 Å². The van der Waals surface area contributed by atoms with E-state index in [4.69, 9.17) is 5.11 Å². The maximum Gasteiger partial charge on any atom is 0.323 e. The van der Waals surface area contributed by atoms with E-state index in [-0.39, 0.29) is 12.3 Å². The zero-order valence-corrected chi connectivity index (χ0v) is 7.10. The standard InChI is InChI=1S/C5H10N2O4S/c8-5(9)4-3-6-1-2-12(10,11)7-4/h4,6-7H,1-3H2,(H,8,9). The first-order valence-electron chi connectivity index (χ1n) is 3.45. The molecule has 7 heteroatoms. The van der Waals surface area contributed by atoms with E-state index >= 15 is 0 Å². The van der Waals surface area contributed by atoms with Gasteiger partial charge in [-0.05, 0) is 0 Å². The Kier molecular flexibility index (Phi) is 2.65. The fourth-order valence-corrected chi connectivity index (χ4v) is 2.06. The number of sulfonamides is 1. The van der Waals surface area contributed by atoms with E-state index in [0.717, 1.165) is 0 Å². The van der Waals surface area contributed by atoms with Gasteiger partial charge in [-0.1, -0.05) is 0 Å². The van der Waals surface area contributed by atoms with Crippen LogP contribution in [0.4, 0.5) is 0 Å². The molecule has 6 nitrogen and oxygen atoms in total. The first-order chi connectivity index (χ1) is 5.51. The van der Waals surface area contributed by atoms with E-state index in [2.05, 4.69) is 10.0 Å². The van der Waals surface area contributed by atoms with Crippen LogP contribution < -0.4 is 10.0 Å². The van der Waals surface area contributed by atoms with Crippen molar-refractivity contribution in [1.82, 2.24) is 10.0 Å². The molecule has 0 aromatic heterocycles. The van der Waals surface area contributed by atoms with Crippen LogP contribution in [0.3, 0.4) is 0 Å². The van der Waals surface area contributed by atoms with Crippen molar-refractivity contribution in [3.05, 3.63) is 0 Å². The Balaban J connectivity index is 2.73. The van der Waals surface area contributed by atoms with Gasteiger partial charge in [0.1, 0.15) is 6.04 Å². The van der Waals surface area contributed by atoms with Gasteiger partial charge in [0.2, 0.25) is 10.0 Å². The highest BCUT2D eigenvalue weighted by molar-refractivity contribution is 7.89. The van der Waals surface area contributed by atoms with Gasteiger partial charge in [0.25, 0.3) is 0 Å². The van der Waals surface area contributed by atoms with Gasteiger partial charge in [0, 0.05) is 13.1 Å². The second-order valence-electron chi connectivity index (χ2n) is 2.53. The van der Waals surface area contributed by atoms with Crippen molar-refractivity contribution in [2.24, 2.45) is 0 Å². The van der Waals surface area contributed by atoms with Crippen LogP contribution in [0.25, 0.3) is 0 Å². The maximum absolute atomic E-state index is 11.0. The Hall–Kier alpha value is -0.660. The van der Waals surface area contributed by atoms with E-state index in [1.54, 1.807) is 0 Å². The van der Waals surface area contributed by atoms with Gasteiger partial charge >= 0.3 is 5.97 Å². The normalized spacial score (nSPS) is 29.2. The summed E-state index contributed by atoms with van der Waals surface area (Å²) in [5.74, 6) is -1.23. The van der Waals surface area contributed by atoms with Crippen molar-refractivity contribution >= 4 is 16.0 Å². The van der Waals surface area contributed by atoms with Gasteiger partial charge in [-0.25, -0.2) is 8.42 Å². The van der Waals surface area contributed by atoms with Crippen molar-refractivity contribution in [2.45, 2.75) is 6.04 Å². The van der Waals surface area contributed by atoms with E-state index in [0.29, 0.717) is 6.54 Å². The molecule has 1 fully saturated rings. The second kappa shape index (κ2) is 3.38. The SMILES string of the molecule is O=C(O)C1CNCCS(=O)(=O)N1. The highest BCUT2D eigenvalue weighted by Crippen LogP contribution is 1.93. The Morgan fingerprint density at radius 3 is 2.75 bits per heavy atom. The quantitative estimate of drug-likeness (QED) is 0.447. The van der Waals surface area contributed by atoms with Gasteiger partial charge in [-0.3, -0.25) is 4.79 Å². The molecule has 12 heavy (non-hydrogen) atoms. The zero-order chi connectivity index (χ0) is 9.19. The van der Waals surface area contributed by atoms with Crippen LogP contribution >= 0.6 is 0 Å². The smallest absolute Gasteiger partial charge is 0.323 e. The Labute approximate surface area is 70.0 Å². The predicted octanol–water partition coefficient (Wildman–Crippen LogP) is -2.04. The molecule has 0 spiro atoms. The van der Waals surface area contributed by atoms with Gasteiger partial charge in [-0.2, -0.15) is 4.72 Å². The summed E-state index contributed by atoms with van der Waals surface area (Å²) in [7, 11) is -3.41. The number of carbonyl (C=O) groups is 1. The van der Waals surface area contributed by atoms with E-state index in [1.807, 2.05) is 0 Å². The first-order valence-corrected chi connectivity index (χ1v) is 5.10. The third-order valence-corrected chi connectivity index (χ3v) is 2.90. The first kappa shape index (κ1) is 9.43. The minimum absolute atomic E-state index is 0.0726. The molecule has 1 aliphatic rings. The number of rotatable bonds is 1. The monoisotopic (exact) mass is 194 g/mol. The van der Waals surface area contributed by atoms with Crippen LogP contribution in [0.1, 0.15) is 0 Å². The lowest BCUT2D eigenvalue weighted by Gasteiger charge is -2.08. The predicted molar refractivity (Wildman–Crippen MR) is 41.2 cm³/mol. The summed E-state index contributed by atoms with van der Waals surface area (Å²) in [4.78, 5) is 10.4. The van der Waals surface area contributed by atoms with E-state index in [9.17, 15) is 13.2 Å². The third-order valence-electron chi connectivity index (χ3n) is 1.52. The summed E-state index contributed by atoms with van der Waals surface area (Å²) in [5.41, 5.74) is 0. The molecule has 3 N–H and O–H groups in total. The molecular formula is C5H10N2O4S. The van der Waals surface area contributed by atoms with Crippen LogP contribution in [0.15, 0.2) is 0 Å². The summed E-state index contributed by atoms with van der Waals surface area (Å²) in [5, 5.41) is 11.2. The molecule has 0 radical (unpaired) electrons. The maximum atomic E-state index is 11.0. The molecule has 1 heterocycles. The lowest BCUT2D eigenvalue weighted by molar-refractivity contribution is -0.138. The van der Waals surface area contributed by atoms with E-state index in [1.165, 1.54) is 0 Å². The molecule has 1 rings (SSSR count). The minimum atomic E-state index is -3.41. The summed E-state index contributed by atoms with van der Waals surface area (Å²) in [6.45, 7) is 0.424. The van der Waals surface area contributed by atoms with Crippen LogP contribution in [-0.2, 0) is 14.8 Å². The van der Waals surface area contributed by atoms with Crippen molar-refractivity contribution in [3.63, 3.8) is 0 Å². The number of carboxylic acids is 1. The summed E-state index contributed by atoms with van der Waals surface area (Å²) in [6.07, 6.45) is 0. The number of hydrogen-bond donors (Lipinski definition) is 3. The highest BCUT2D eigenvalue weighted by Gasteiger charge is 2.25. The zero-order valence-electron chi connectivity index (χ0n) is 6.28. The average Bonchev–Trinajstić information content (AvgIpc) is 2.10. The highest BCUT2D eigenvalue weighted by atomic mass is 32.2. The molecule has 0 aromatic rings. The van der Waals surface area contributed by atoms with E-state index < -0.39 is 22.0 Å². The number of aliphatic carboxylic acids is 1. The minimum Gasteiger partial charge on any atom is -0.480 e. The molecule has 0 aromatic carbocycles. The molecule has 70 valence electrons. The lowest BCUT2D eigenvalue weighted by atomic mass is 10.3. The van der Waals surface area contributed by atoms with Crippen molar-refractivity contribution in [1.29, 1.82) is 0 Å². The number of hydrogen-bond acceptors (Lipinski definition) is 4. The number of carboxylic acid groups (broad SMARTS) is 1. The molecule has 1 saturated heterocycles. The lowest BCUT2D eigenvalue weighted by Crippen LogP contribution is -2.43. The van der Waals surface area contributed by atoms with Crippen LogP contribution in [-0.4, -0.2) is 44.4 Å². The molecule has 1 atom stereocenters. The van der Waals surface area contributed by atoms with Crippen molar-refractivity contribution in [2.75, 3.05) is 18.8 Å². The molecule has 1 unspecified atom stereocenters. The fourth-order valence-electron chi connectivity index (χ4n) is 0.908. The average molecular weight is 194 g/mol. The Morgan fingerprint density at radius 1 is 1.50 bits per heavy atom. The third kappa shape index (κ3) is 2.43. The molecule has 0 saturated carbocycles. The summed E-state index contributed by atoms with van der Waals surface area (Å²) in [6, 6.07) is -1.04. The summed E-state index contributed by atoms with van der Waals surface area (Å²) < 4.78 is 24.0. The van der Waals surface area contributed by atoms with Crippen LogP contribution in [0, 0.1) is 0 Å². The molecular weight excluding hydrogens is 184 g/mol. The van der Waals surface area contributed by atoms with Crippen LogP contribution in [0.2, 0.25) is 0 Å². The topological polar surface area (TPSA) is 95.5 Å². The molecule has 0 bridgehead atoms. The molecule has 0 aliphatic carbocycles.